The highest BCUT2D eigenvalue weighted by atomic mass is 16.5. The number of rotatable bonds is 13. The zero-order valence-corrected chi connectivity index (χ0v) is 23.4. The largest absolute Gasteiger partial charge is 0.480 e. The van der Waals surface area contributed by atoms with E-state index in [0.717, 1.165) is 23.3 Å². The third-order valence-electron chi connectivity index (χ3n) is 7.24. The van der Waals surface area contributed by atoms with E-state index in [1.54, 1.807) is 6.92 Å². The summed E-state index contributed by atoms with van der Waals surface area (Å²) in [4.78, 5) is 50.1. The van der Waals surface area contributed by atoms with E-state index in [9.17, 15) is 34.5 Å². The number of aromatic carboxylic acids is 2. The second-order valence-electron chi connectivity index (χ2n) is 10.1. The van der Waals surface area contributed by atoms with Gasteiger partial charge in [0, 0.05) is 17.5 Å². The van der Waals surface area contributed by atoms with Crippen molar-refractivity contribution in [2.24, 2.45) is 0 Å². The fourth-order valence-corrected chi connectivity index (χ4v) is 5.03. The molecule has 4 aromatic carbocycles. The fraction of sp³-hybridized carbons (Fsp3) is 0.176. The lowest BCUT2D eigenvalue weighted by molar-refractivity contribution is -0.138. The molecular formula is C34H31NO8. The van der Waals surface area contributed by atoms with E-state index < -0.39 is 47.5 Å². The van der Waals surface area contributed by atoms with E-state index in [1.165, 1.54) is 11.0 Å². The van der Waals surface area contributed by atoms with E-state index in [4.69, 9.17) is 4.74 Å². The zero-order valence-electron chi connectivity index (χ0n) is 23.4. The lowest BCUT2D eigenvalue weighted by atomic mass is 9.85. The molecule has 0 fully saturated rings. The second-order valence-corrected chi connectivity index (χ2v) is 10.1. The Morgan fingerprint density at radius 1 is 0.721 bits per heavy atom. The van der Waals surface area contributed by atoms with E-state index in [1.807, 2.05) is 84.9 Å². The monoisotopic (exact) mass is 581 g/mol. The smallest absolute Gasteiger partial charge is 0.336 e. The van der Waals surface area contributed by atoms with Crippen LogP contribution in [0.5, 0.6) is 11.5 Å². The molecule has 0 aromatic heterocycles. The lowest BCUT2D eigenvalue weighted by Crippen LogP contribution is -2.45. The third kappa shape index (κ3) is 7.85. The van der Waals surface area contributed by atoms with Crippen LogP contribution >= 0.6 is 0 Å². The second kappa shape index (κ2) is 14.0. The van der Waals surface area contributed by atoms with Crippen molar-refractivity contribution in [3.05, 3.63) is 131 Å². The summed E-state index contributed by atoms with van der Waals surface area (Å²) in [7, 11) is 0. The van der Waals surface area contributed by atoms with Gasteiger partial charge in [-0.25, -0.2) is 9.59 Å². The van der Waals surface area contributed by atoms with E-state index in [0.29, 0.717) is 24.3 Å². The Morgan fingerprint density at radius 2 is 1.30 bits per heavy atom. The summed E-state index contributed by atoms with van der Waals surface area (Å²) in [6, 6.07) is 29.1. The summed E-state index contributed by atoms with van der Waals surface area (Å²) in [5.74, 6) is -3.94. The standard InChI is InChI=1S/C34H31NO8/c1-22(35(21-31(36)37)32(38)25-15-19-29(33(39)40)30(20-25)34(41)42)28(18-12-23-8-4-2-5-9-23)24-13-16-27(17-14-24)43-26-10-6-3-7-11-26/h2-11,13-17,19-20,22,28H,12,18,21H2,1H3,(H,36,37)(H,39,40)(H,41,42). The SMILES string of the molecule is CC(C(CCc1ccccc1)c1ccc(Oc2ccccc2)cc1)N(CC(=O)O)C(=O)c1ccc(C(=O)O)c(C(=O)O)c1. The number of hydrogen-bond acceptors (Lipinski definition) is 5. The van der Waals surface area contributed by atoms with Gasteiger partial charge in [0.1, 0.15) is 18.0 Å². The minimum Gasteiger partial charge on any atom is -0.480 e. The number of carbonyl (C=O) groups excluding carboxylic acids is 1. The highest BCUT2D eigenvalue weighted by Crippen LogP contribution is 2.32. The summed E-state index contributed by atoms with van der Waals surface area (Å²) in [6.07, 6.45) is 1.23. The summed E-state index contributed by atoms with van der Waals surface area (Å²) in [5.41, 5.74) is 0.787. The molecule has 4 aromatic rings. The average Bonchev–Trinajstić information content (AvgIpc) is 3.01. The zero-order chi connectivity index (χ0) is 30.9. The molecule has 4 rings (SSSR count). The van der Waals surface area contributed by atoms with Crippen LogP contribution in [-0.4, -0.2) is 56.6 Å². The Labute approximate surface area is 248 Å². The van der Waals surface area contributed by atoms with Crippen molar-refractivity contribution in [2.75, 3.05) is 6.54 Å². The van der Waals surface area contributed by atoms with Crippen molar-refractivity contribution in [3.8, 4) is 11.5 Å². The van der Waals surface area contributed by atoms with Crippen molar-refractivity contribution in [2.45, 2.75) is 31.7 Å². The molecule has 2 unspecified atom stereocenters. The normalized spacial score (nSPS) is 12.1. The predicted molar refractivity (Wildman–Crippen MR) is 159 cm³/mol. The van der Waals surface area contributed by atoms with Crippen LogP contribution in [0.1, 0.15) is 61.5 Å². The van der Waals surface area contributed by atoms with Crippen LogP contribution < -0.4 is 4.74 Å². The van der Waals surface area contributed by atoms with Gasteiger partial charge in [-0.1, -0.05) is 60.7 Å². The van der Waals surface area contributed by atoms with Crippen LogP contribution in [0, 0.1) is 0 Å². The number of benzene rings is 4. The Balaban J connectivity index is 1.68. The number of aliphatic carboxylic acids is 1. The number of carboxylic acid groups (broad SMARTS) is 3. The first-order valence-electron chi connectivity index (χ1n) is 13.6. The van der Waals surface area contributed by atoms with Crippen LogP contribution in [0.25, 0.3) is 0 Å². The summed E-state index contributed by atoms with van der Waals surface area (Å²) >= 11 is 0. The van der Waals surface area contributed by atoms with Gasteiger partial charge < -0.3 is 25.0 Å². The third-order valence-corrected chi connectivity index (χ3v) is 7.24. The molecule has 0 aliphatic carbocycles. The first-order valence-corrected chi connectivity index (χ1v) is 13.6. The van der Waals surface area contributed by atoms with Gasteiger partial charge in [-0.2, -0.15) is 0 Å². The van der Waals surface area contributed by atoms with Crippen molar-refractivity contribution in [1.29, 1.82) is 0 Å². The van der Waals surface area contributed by atoms with Gasteiger partial charge in [0.2, 0.25) is 0 Å². The molecule has 9 nitrogen and oxygen atoms in total. The molecule has 220 valence electrons. The number of para-hydroxylation sites is 1. The summed E-state index contributed by atoms with van der Waals surface area (Å²) in [5, 5.41) is 28.7. The van der Waals surface area contributed by atoms with E-state index in [2.05, 4.69) is 0 Å². The van der Waals surface area contributed by atoms with Gasteiger partial charge >= 0.3 is 17.9 Å². The average molecular weight is 582 g/mol. The van der Waals surface area contributed by atoms with Crippen molar-refractivity contribution in [3.63, 3.8) is 0 Å². The number of carbonyl (C=O) groups is 4. The molecule has 1 amide bonds. The number of ether oxygens (including phenoxy) is 1. The molecule has 0 spiro atoms. The van der Waals surface area contributed by atoms with Gasteiger partial charge in [-0.05, 0) is 73.4 Å². The molecule has 0 aliphatic heterocycles. The van der Waals surface area contributed by atoms with Gasteiger partial charge in [0.05, 0.1) is 11.1 Å². The maximum atomic E-state index is 13.7. The number of amides is 1. The number of nitrogens with zero attached hydrogens (tertiary/aromatic N) is 1. The van der Waals surface area contributed by atoms with Gasteiger partial charge in [-0.15, -0.1) is 0 Å². The van der Waals surface area contributed by atoms with Gasteiger partial charge in [0.15, 0.2) is 0 Å². The predicted octanol–water partition coefficient (Wildman–Crippen LogP) is 6.21. The highest BCUT2D eigenvalue weighted by molar-refractivity contribution is 6.05. The van der Waals surface area contributed by atoms with Crippen LogP contribution in [-0.2, 0) is 11.2 Å². The van der Waals surface area contributed by atoms with Crippen LogP contribution in [0.3, 0.4) is 0 Å². The molecule has 43 heavy (non-hydrogen) atoms. The molecule has 3 N–H and O–H groups in total. The number of carboxylic acids is 3. The summed E-state index contributed by atoms with van der Waals surface area (Å²) in [6.45, 7) is 1.12. The minimum absolute atomic E-state index is 0.121. The van der Waals surface area contributed by atoms with E-state index >= 15 is 0 Å². The highest BCUT2D eigenvalue weighted by Gasteiger charge is 2.31. The molecule has 9 heteroatoms. The Kier molecular flexibility index (Phi) is 9.90. The topological polar surface area (TPSA) is 141 Å². The van der Waals surface area contributed by atoms with Crippen LogP contribution in [0.15, 0.2) is 103 Å². The Bertz CT molecular complexity index is 1590. The molecular weight excluding hydrogens is 550 g/mol. The Hall–Kier alpha value is -5.44. The molecule has 0 radical (unpaired) electrons. The van der Waals surface area contributed by atoms with Crippen molar-refractivity contribution >= 4 is 23.8 Å². The molecule has 0 heterocycles. The quantitative estimate of drug-likeness (QED) is 0.169. The molecule has 2 atom stereocenters. The van der Waals surface area contributed by atoms with Crippen molar-refractivity contribution < 1.29 is 39.2 Å². The minimum atomic E-state index is -1.51. The first-order chi connectivity index (χ1) is 20.6. The molecule has 0 saturated carbocycles. The van der Waals surface area contributed by atoms with Crippen LogP contribution in [0.2, 0.25) is 0 Å². The van der Waals surface area contributed by atoms with Gasteiger partial charge in [0.25, 0.3) is 5.91 Å². The summed E-state index contributed by atoms with van der Waals surface area (Å²) < 4.78 is 5.92. The molecule has 0 aliphatic rings. The number of hydrogen-bond donors (Lipinski definition) is 3. The fourth-order valence-electron chi connectivity index (χ4n) is 5.03. The van der Waals surface area contributed by atoms with Crippen molar-refractivity contribution in [1.82, 2.24) is 4.90 Å². The lowest BCUT2D eigenvalue weighted by Gasteiger charge is -2.34. The van der Waals surface area contributed by atoms with Crippen LogP contribution in [0.4, 0.5) is 0 Å². The first kappa shape index (κ1) is 30.5. The van der Waals surface area contributed by atoms with E-state index in [-0.39, 0.29) is 11.5 Å². The molecule has 0 bridgehead atoms. The maximum Gasteiger partial charge on any atom is 0.336 e. The maximum absolute atomic E-state index is 13.7. The Morgan fingerprint density at radius 3 is 1.88 bits per heavy atom. The molecule has 0 saturated heterocycles. The number of aryl methyl sites for hydroxylation is 1. The van der Waals surface area contributed by atoms with Gasteiger partial charge in [-0.3, -0.25) is 9.59 Å².